The fourth-order valence-electron chi connectivity index (χ4n) is 5.35. The van der Waals surface area contributed by atoms with Crippen LogP contribution in [0.5, 0.6) is 0 Å². The van der Waals surface area contributed by atoms with Crippen LogP contribution in [0.3, 0.4) is 0 Å². The molecule has 0 bridgehead atoms. The topological polar surface area (TPSA) is 115 Å². The highest BCUT2D eigenvalue weighted by Crippen LogP contribution is 2.42. The molecule has 4 heterocycles. The fraction of sp³-hybridized carbons (Fsp3) is 0.522. The van der Waals surface area contributed by atoms with Gasteiger partial charge in [0.2, 0.25) is 0 Å². The average Bonchev–Trinajstić information content (AvgIpc) is 3.56. The second kappa shape index (κ2) is 8.96. The summed E-state index contributed by atoms with van der Waals surface area (Å²) in [4.78, 5) is 48.7. The smallest absolute Gasteiger partial charge is 0.287 e. The van der Waals surface area contributed by atoms with Gasteiger partial charge in [0, 0.05) is 18.9 Å². The number of fused-ring (bicyclic) bond motifs is 1. The fourth-order valence-corrected chi connectivity index (χ4v) is 5.71. The molecule has 3 aliphatic rings. The molecule has 5 rings (SSSR count). The minimum absolute atomic E-state index is 0.0297. The Morgan fingerprint density at radius 2 is 1.94 bits per heavy atom. The molecule has 0 radical (unpaired) electrons. The van der Waals surface area contributed by atoms with Crippen LogP contribution >= 0.6 is 11.6 Å². The molecule has 0 spiro atoms. The van der Waals surface area contributed by atoms with E-state index in [2.05, 4.69) is 15.3 Å². The van der Waals surface area contributed by atoms with Gasteiger partial charge in [-0.25, -0.2) is 9.97 Å². The second-order valence-corrected chi connectivity index (χ2v) is 9.40. The Morgan fingerprint density at radius 3 is 2.70 bits per heavy atom. The van der Waals surface area contributed by atoms with Crippen LogP contribution in [0.1, 0.15) is 42.7 Å². The molecular formula is C23H25ClN4O5. The lowest BCUT2D eigenvalue weighted by Crippen LogP contribution is -2.61. The molecule has 174 valence electrons. The van der Waals surface area contributed by atoms with E-state index in [0.29, 0.717) is 30.7 Å². The summed E-state index contributed by atoms with van der Waals surface area (Å²) in [7, 11) is 0. The van der Waals surface area contributed by atoms with E-state index in [4.69, 9.17) is 20.8 Å². The minimum Gasteiger partial charge on any atom is -0.451 e. The molecule has 2 aromatic heterocycles. The molecule has 2 aromatic rings. The van der Waals surface area contributed by atoms with Crippen molar-refractivity contribution in [2.75, 3.05) is 19.7 Å². The van der Waals surface area contributed by atoms with Crippen molar-refractivity contribution in [1.29, 1.82) is 0 Å². The molecule has 10 heteroatoms. The Kier molecular flexibility index (Phi) is 6.03. The summed E-state index contributed by atoms with van der Waals surface area (Å²) in [6, 6.07) is 2.72. The summed E-state index contributed by atoms with van der Waals surface area (Å²) in [6.07, 6.45) is 8.29. The van der Waals surface area contributed by atoms with E-state index >= 15 is 0 Å². The number of nitrogens with one attached hydrogen (secondary N) is 1. The van der Waals surface area contributed by atoms with Crippen molar-refractivity contribution in [3.05, 3.63) is 36.6 Å². The Labute approximate surface area is 195 Å². The van der Waals surface area contributed by atoms with Crippen molar-refractivity contribution in [2.24, 2.45) is 0 Å². The first kappa shape index (κ1) is 22.2. The van der Waals surface area contributed by atoms with Crippen LogP contribution in [-0.2, 0) is 14.3 Å². The number of halogens is 1. The van der Waals surface area contributed by atoms with E-state index in [0.717, 1.165) is 19.3 Å². The van der Waals surface area contributed by atoms with Crippen molar-refractivity contribution in [2.45, 2.75) is 55.2 Å². The molecule has 1 aliphatic carbocycles. The predicted molar refractivity (Wildman–Crippen MR) is 118 cm³/mol. The van der Waals surface area contributed by atoms with Crippen molar-refractivity contribution in [1.82, 2.24) is 20.2 Å². The average molecular weight is 473 g/mol. The molecule has 0 unspecified atom stereocenters. The number of carbonyl (C=O) groups is 3. The number of ketones is 2. The van der Waals surface area contributed by atoms with E-state index in [-0.39, 0.29) is 42.0 Å². The molecule has 1 amide bonds. The highest BCUT2D eigenvalue weighted by atomic mass is 35.5. The van der Waals surface area contributed by atoms with Crippen molar-refractivity contribution >= 4 is 29.1 Å². The minimum atomic E-state index is -0.822. The lowest BCUT2D eigenvalue weighted by molar-refractivity contribution is -0.136. The maximum absolute atomic E-state index is 13.6. The summed E-state index contributed by atoms with van der Waals surface area (Å²) in [5.41, 5.74) is -0.173. The summed E-state index contributed by atoms with van der Waals surface area (Å²) < 4.78 is 11.2. The van der Waals surface area contributed by atoms with Gasteiger partial charge in [-0.15, -0.1) is 11.6 Å². The maximum Gasteiger partial charge on any atom is 0.287 e. The molecule has 1 saturated carbocycles. The number of rotatable bonds is 6. The molecule has 2 aliphatic heterocycles. The van der Waals surface area contributed by atoms with Gasteiger partial charge in [0.15, 0.2) is 17.3 Å². The largest absolute Gasteiger partial charge is 0.451 e. The Morgan fingerprint density at radius 1 is 1.18 bits per heavy atom. The number of nitrogens with zero attached hydrogens (tertiary/aromatic N) is 3. The van der Waals surface area contributed by atoms with Crippen LogP contribution in [0.25, 0.3) is 11.3 Å². The van der Waals surface area contributed by atoms with Gasteiger partial charge in [-0.05, 0) is 25.0 Å². The number of amides is 1. The zero-order valence-electron chi connectivity index (χ0n) is 18.0. The van der Waals surface area contributed by atoms with E-state index < -0.39 is 17.5 Å². The Bertz CT molecular complexity index is 1050. The monoisotopic (exact) mass is 472 g/mol. The van der Waals surface area contributed by atoms with E-state index in [9.17, 15) is 14.4 Å². The van der Waals surface area contributed by atoms with Crippen LogP contribution in [-0.4, -0.2) is 75.1 Å². The zero-order chi connectivity index (χ0) is 23.0. The number of furan rings is 1. The number of hydrogen-bond donors (Lipinski definition) is 1. The molecular weight excluding hydrogens is 448 g/mol. The number of likely N-dealkylation sites (tertiary alicyclic amines) is 1. The van der Waals surface area contributed by atoms with Crippen molar-refractivity contribution in [3.8, 4) is 11.3 Å². The number of carbonyl (C=O) groups excluding carboxylic acids is 3. The third kappa shape index (κ3) is 3.98. The van der Waals surface area contributed by atoms with Gasteiger partial charge in [-0.1, -0.05) is 19.3 Å². The number of ether oxygens (including phenoxy) is 1. The number of aromatic nitrogens is 2. The zero-order valence-corrected chi connectivity index (χ0v) is 18.8. The van der Waals surface area contributed by atoms with Gasteiger partial charge in [0.25, 0.3) is 5.91 Å². The second-order valence-electron chi connectivity index (χ2n) is 8.84. The third-order valence-electron chi connectivity index (χ3n) is 6.96. The molecule has 2 saturated heterocycles. The standard InChI is InChI=1S/C23H25ClN4O5/c24-15-11-28(20-16(29)12-32-21(15)20)23(6-2-1-3-7-23)19(30)10-27-22(31)18-5-4-17(33-18)14-8-25-13-26-9-14/h4-5,8-9,13,15,20-21H,1-3,6-7,10-12H2,(H,27,31)/t15-,20+,21+/m0/s1. The first-order valence-electron chi connectivity index (χ1n) is 11.2. The number of hydrogen-bond acceptors (Lipinski definition) is 8. The summed E-state index contributed by atoms with van der Waals surface area (Å²) in [6.45, 7) is 0.297. The maximum atomic E-state index is 13.6. The highest BCUT2D eigenvalue weighted by molar-refractivity contribution is 6.22. The Balaban J connectivity index is 1.30. The lowest BCUT2D eigenvalue weighted by Gasteiger charge is -2.45. The quantitative estimate of drug-likeness (QED) is 0.635. The molecule has 1 N–H and O–H groups in total. The van der Waals surface area contributed by atoms with Crippen LogP contribution in [0.4, 0.5) is 0 Å². The molecule has 3 atom stereocenters. The first-order valence-corrected chi connectivity index (χ1v) is 11.6. The normalized spacial score (nSPS) is 26.8. The number of Topliss-reactive ketones (excluding diaryl/α,β-unsaturated/α-hetero) is 2. The van der Waals surface area contributed by atoms with E-state index in [1.807, 2.05) is 4.90 Å². The van der Waals surface area contributed by atoms with Gasteiger partial charge in [-0.3, -0.25) is 19.3 Å². The van der Waals surface area contributed by atoms with Gasteiger partial charge < -0.3 is 14.5 Å². The van der Waals surface area contributed by atoms with Crippen molar-refractivity contribution < 1.29 is 23.5 Å². The van der Waals surface area contributed by atoms with Crippen molar-refractivity contribution in [3.63, 3.8) is 0 Å². The van der Waals surface area contributed by atoms with E-state index in [1.165, 1.54) is 6.33 Å². The van der Waals surface area contributed by atoms with Gasteiger partial charge >= 0.3 is 0 Å². The van der Waals surface area contributed by atoms with E-state index in [1.54, 1.807) is 24.5 Å². The first-order chi connectivity index (χ1) is 16.0. The van der Waals surface area contributed by atoms with Crippen LogP contribution < -0.4 is 5.32 Å². The molecule has 0 aromatic carbocycles. The van der Waals surface area contributed by atoms with Crippen LogP contribution in [0.2, 0.25) is 0 Å². The Hall–Kier alpha value is -2.62. The van der Waals surface area contributed by atoms with Gasteiger partial charge in [-0.2, -0.15) is 0 Å². The van der Waals surface area contributed by atoms with Gasteiger partial charge in [0.1, 0.15) is 24.7 Å². The number of alkyl halides is 1. The SMILES string of the molecule is O=C(NCC(=O)C1(N2C[C@H](Cl)[C@H]3OCC(=O)[C@H]32)CCCCC1)c1ccc(-c2cncnc2)o1. The van der Waals surface area contributed by atoms with Crippen LogP contribution in [0, 0.1) is 0 Å². The third-order valence-corrected chi connectivity index (χ3v) is 7.34. The highest BCUT2D eigenvalue weighted by Gasteiger charge is 2.58. The molecule has 9 nitrogen and oxygen atoms in total. The van der Waals surface area contributed by atoms with Crippen LogP contribution in [0.15, 0.2) is 35.3 Å². The summed E-state index contributed by atoms with van der Waals surface area (Å²) in [5.74, 6) is -0.0548. The lowest BCUT2D eigenvalue weighted by atomic mass is 9.76. The predicted octanol–water partition coefficient (Wildman–Crippen LogP) is 2.00. The van der Waals surface area contributed by atoms with Gasteiger partial charge in [0.05, 0.1) is 29.1 Å². The molecule has 3 fully saturated rings. The molecule has 33 heavy (non-hydrogen) atoms. The summed E-state index contributed by atoms with van der Waals surface area (Å²) >= 11 is 6.50. The summed E-state index contributed by atoms with van der Waals surface area (Å²) in [5, 5.41) is 2.36.